The first-order chi connectivity index (χ1) is 34.9. The third-order valence-electron chi connectivity index (χ3n) is 12.6. The molecule has 0 saturated heterocycles. The second-order valence-corrected chi connectivity index (χ2v) is 22.2. The van der Waals surface area contributed by atoms with Crippen molar-refractivity contribution >= 4 is 19.7 Å². The predicted molar refractivity (Wildman–Crippen MR) is 309 cm³/mol. The predicted octanol–water partition coefficient (Wildman–Crippen LogP) is 17.8. The summed E-state index contributed by atoms with van der Waals surface area (Å²) in [6.07, 6.45) is 67.2. The van der Waals surface area contributed by atoms with Crippen molar-refractivity contribution in [1.82, 2.24) is 5.32 Å². The van der Waals surface area contributed by atoms with Crippen molar-refractivity contribution in [1.29, 1.82) is 0 Å². The molecule has 0 bridgehead atoms. The highest BCUT2D eigenvalue weighted by atomic mass is 31.2. The lowest BCUT2D eigenvalue weighted by atomic mass is 10.0. The van der Waals surface area contributed by atoms with E-state index in [9.17, 15) is 19.0 Å². The van der Waals surface area contributed by atoms with E-state index in [-0.39, 0.29) is 31.5 Å². The van der Waals surface area contributed by atoms with Crippen molar-refractivity contribution in [3.63, 3.8) is 0 Å². The highest BCUT2D eigenvalue weighted by molar-refractivity contribution is 7.47. The Balaban J connectivity index is 5.28. The molecule has 3 atom stereocenters. The molecule has 0 saturated carbocycles. The van der Waals surface area contributed by atoms with Crippen LogP contribution in [0.2, 0.25) is 0 Å². The summed E-state index contributed by atoms with van der Waals surface area (Å²) >= 11 is 0. The Labute approximate surface area is 444 Å². The smallest absolute Gasteiger partial charge is 0.456 e. The van der Waals surface area contributed by atoms with Gasteiger partial charge in [0.25, 0.3) is 0 Å². The van der Waals surface area contributed by atoms with Crippen molar-refractivity contribution in [2.75, 3.05) is 40.9 Å². The number of amides is 1. The van der Waals surface area contributed by atoms with Gasteiger partial charge in [-0.2, -0.15) is 0 Å². The molecule has 0 aromatic rings. The van der Waals surface area contributed by atoms with Gasteiger partial charge in [-0.3, -0.25) is 18.6 Å². The van der Waals surface area contributed by atoms with E-state index in [2.05, 4.69) is 99.0 Å². The van der Waals surface area contributed by atoms with E-state index in [1.54, 1.807) is 0 Å². The lowest BCUT2D eigenvalue weighted by Crippen LogP contribution is -2.47. The lowest BCUT2D eigenvalue weighted by Gasteiger charge is -2.27. The molecular weight excluding hydrogens is 916 g/mol. The van der Waals surface area contributed by atoms with Gasteiger partial charge in [0.2, 0.25) is 5.91 Å². The van der Waals surface area contributed by atoms with Crippen molar-refractivity contribution in [3.05, 3.63) is 85.1 Å². The number of phosphoric ester groups is 1. The molecule has 72 heavy (non-hydrogen) atoms. The number of likely N-dealkylation sites (N-methyl/N-ethyl adjacent to an activating group) is 1. The maximum absolute atomic E-state index is 13.5. The van der Waals surface area contributed by atoms with Gasteiger partial charge < -0.3 is 19.4 Å². The SMILES string of the molecule is CC/C=C\C/C=C\C/C=C\C/C=C\C/C=C\C/C=C\CCCCCCC(=O)NC(COP(=O)(O)OCC[N+](C)(C)C)C(/C=C\CCCCCCCCCCCC)OC(=O)CCCCCCCCCCCCC. The van der Waals surface area contributed by atoms with Crippen molar-refractivity contribution in [3.8, 4) is 0 Å². The van der Waals surface area contributed by atoms with Crippen LogP contribution in [0.15, 0.2) is 85.1 Å². The summed E-state index contributed by atoms with van der Waals surface area (Å²) in [5, 5.41) is 3.03. The first kappa shape index (κ1) is 69.2. The molecule has 0 heterocycles. The van der Waals surface area contributed by atoms with Gasteiger partial charge >= 0.3 is 13.8 Å². The quantitative estimate of drug-likeness (QED) is 0.0205. The van der Waals surface area contributed by atoms with Crippen LogP contribution in [-0.2, 0) is 27.9 Å². The number of rotatable bonds is 52. The number of allylic oxidation sites excluding steroid dienone is 13. The Hall–Kier alpha value is -2.81. The van der Waals surface area contributed by atoms with Crippen molar-refractivity contribution in [2.24, 2.45) is 0 Å². The van der Waals surface area contributed by atoms with E-state index in [1.807, 2.05) is 33.3 Å². The number of nitrogens with zero attached hydrogens (tertiary/aromatic N) is 1. The van der Waals surface area contributed by atoms with E-state index in [1.165, 1.54) is 103 Å². The van der Waals surface area contributed by atoms with Crippen LogP contribution in [0.3, 0.4) is 0 Å². The van der Waals surface area contributed by atoms with E-state index < -0.39 is 20.0 Å². The molecule has 0 aromatic carbocycles. The van der Waals surface area contributed by atoms with Crippen molar-refractivity contribution < 1.29 is 37.3 Å². The number of quaternary nitrogens is 1. The average Bonchev–Trinajstić information content (AvgIpc) is 3.34. The molecule has 0 fully saturated rings. The topological polar surface area (TPSA) is 111 Å². The summed E-state index contributed by atoms with van der Waals surface area (Å²) in [6.45, 7) is 6.86. The average molecular weight is 1030 g/mol. The zero-order valence-electron chi connectivity index (χ0n) is 47.4. The number of phosphoric acid groups is 1. The summed E-state index contributed by atoms with van der Waals surface area (Å²) in [5.74, 6) is -0.536. The minimum absolute atomic E-state index is 0.0323. The van der Waals surface area contributed by atoms with Crippen LogP contribution in [0.5, 0.6) is 0 Å². The highest BCUT2D eigenvalue weighted by Crippen LogP contribution is 2.43. The Bertz CT molecular complexity index is 1510. The van der Waals surface area contributed by atoms with Gasteiger partial charge in [0, 0.05) is 12.8 Å². The Kier molecular flexibility index (Phi) is 49.6. The van der Waals surface area contributed by atoms with Crippen molar-refractivity contribution in [2.45, 2.75) is 258 Å². The summed E-state index contributed by atoms with van der Waals surface area (Å²) in [4.78, 5) is 37.6. The van der Waals surface area contributed by atoms with E-state index in [0.717, 1.165) is 103 Å². The van der Waals surface area contributed by atoms with E-state index in [4.69, 9.17) is 13.8 Å². The third kappa shape index (κ3) is 52.1. The summed E-state index contributed by atoms with van der Waals surface area (Å²) < 4.78 is 30.6. The largest absolute Gasteiger partial charge is 0.472 e. The fourth-order valence-corrected chi connectivity index (χ4v) is 8.80. The third-order valence-corrected chi connectivity index (χ3v) is 13.6. The molecule has 0 aliphatic rings. The number of nitrogens with one attached hydrogen (secondary N) is 1. The normalized spacial score (nSPS) is 14.4. The Morgan fingerprint density at radius 1 is 0.500 bits per heavy atom. The first-order valence-corrected chi connectivity index (χ1v) is 30.9. The number of esters is 1. The van der Waals surface area contributed by atoms with Crippen LogP contribution in [0.4, 0.5) is 0 Å². The molecule has 0 aliphatic heterocycles. The fraction of sp³-hybridized carbons (Fsp3) is 0.742. The zero-order valence-corrected chi connectivity index (χ0v) is 48.3. The second-order valence-electron chi connectivity index (χ2n) is 20.8. The minimum atomic E-state index is -4.45. The van der Waals surface area contributed by atoms with E-state index >= 15 is 0 Å². The second kappa shape index (κ2) is 51.7. The number of carbonyl (C=O) groups excluding carboxylic acids is 2. The summed E-state index contributed by atoms with van der Waals surface area (Å²) in [6, 6.07) is -0.863. The number of unbranched alkanes of at least 4 members (excludes halogenated alkanes) is 24. The molecule has 0 aromatic heterocycles. The number of ether oxygens (including phenoxy) is 1. The minimum Gasteiger partial charge on any atom is -0.456 e. The number of carbonyl (C=O) groups is 2. The number of hydrogen-bond donors (Lipinski definition) is 2. The molecule has 2 N–H and O–H groups in total. The monoisotopic (exact) mass is 1030 g/mol. The van der Waals surface area contributed by atoms with Crippen LogP contribution < -0.4 is 5.32 Å². The Morgan fingerprint density at radius 3 is 1.33 bits per heavy atom. The molecule has 3 unspecified atom stereocenters. The van der Waals surface area contributed by atoms with Gasteiger partial charge in [-0.15, -0.1) is 0 Å². The maximum atomic E-state index is 13.5. The molecule has 0 aliphatic carbocycles. The summed E-state index contributed by atoms with van der Waals surface area (Å²) in [5.41, 5.74) is 0. The number of hydrogen-bond acceptors (Lipinski definition) is 6. The van der Waals surface area contributed by atoms with Crippen LogP contribution in [-0.4, -0.2) is 74.3 Å². The maximum Gasteiger partial charge on any atom is 0.472 e. The van der Waals surface area contributed by atoms with Gasteiger partial charge in [0.15, 0.2) is 0 Å². The molecule has 0 radical (unpaired) electrons. The van der Waals surface area contributed by atoms with Crippen LogP contribution in [0, 0.1) is 0 Å². The van der Waals surface area contributed by atoms with Gasteiger partial charge in [0.1, 0.15) is 19.3 Å². The molecule has 0 rings (SSSR count). The highest BCUT2D eigenvalue weighted by Gasteiger charge is 2.30. The van der Waals surface area contributed by atoms with Crippen LogP contribution >= 0.6 is 7.82 Å². The molecular formula is C62H112N2O7P+. The standard InChI is InChI=1S/C62H111N2O7P/c1-7-10-13-16-19-22-25-27-28-29-30-31-32-33-34-35-36-37-40-42-45-48-51-54-61(65)63-59(58-70-72(67,68)69-57-56-64(4,5)6)60(53-50-47-44-41-39-26-23-20-17-14-11-8-2)71-62(66)55-52-49-46-43-38-24-21-18-15-12-9-3/h10,13,19,22,27-28,30-31,33-34,36-37,50,53,59-60H,7-9,11-12,14-18,20-21,23-26,29,32,35,38-49,51-52,54-58H2,1-6H3,(H-,63,65,67,68)/p+1/b13-10-,22-19-,28-27-,31-30-,34-33-,37-36-,53-50-. The molecule has 1 amide bonds. The summed E-state index contributed by atoms with van der Waals surface area (Å²) in [7, 11) is 1.47. The van der Waals surface area contributed by atoms with E-state index in [0.29, 0.717) is 23.9 Å². The van der Waals surface area contributed by atoms with Gasteiger partial charge in [-0.1, -0.05) is 235 Å². The molecule has 10 heteroatoms. The van der Waals surface area contributed by atoms with Crippen LogP contribution in [0.25, 0.3) is 0 Å². The molecule has 416 valence electrons. The van der Waals surface area contributed by atoms with Gasteiger partial charge in [-0.25, -0.2) is 4.57 Å². The zero-order chi connectivity index (χ0) is 52.9. The first-order valence-electron chi connectivity index (χ1n) is 29.4. The van der Waals surface area contributed by atoms with Crippen LogP contribution in [0.1, 0.15) is 245 Å². The Morgan fingerprint density at radius 2 is 0.889 bits per heavy atom. The molecule has 0 spiro atoms. The lowest BCUT2D eigenvalue weighted by molar-refractivity contribution is -0.870. The van der Waals surface area contributed by atoms with Gasteiger partial charge in [-0.05, 0) is 83.1 Å². The molecule has 9 nitrogen and oxygen atoms in total. The fourth-order valence-electron chi connectivity index (χ4n) is 8.06. The van der Waals surface area contributed by atoms with Gasteiger partial charge in [0.05, 0.1) is 33.8 Å².